The smallest absolute Gasteiger partial charge is 0.0850 e. The maximum absolute atomic E-state index is 5.26. The van der Waals surface area contributed by atoms with Crippen molar-refractivity contribution in [2.24, 2.45) is 5.92 Å². The second kappa shape index (κ2) is 2.51. The van der Waals surface area contributed by atoms with Crippen LogP contribution in [0.4, 0.5) is 0 Å². The van der Waals surface area contributed by atoms with E-state index in [1.807, 2.05) is 0 Å². The van der Waals surface area contributed by atoms with Crippen LogP contribution in [0.3, 0.4) is 0 Å². The quantitative estimate of drug-likeness (QED) is 0.527. The normalized spacial score (nSPS) is 40.5. The van der Waals surface area contributed by atoms with E-state index in [0.29, 0.717) is 6.10 Å². The molecular weight excluding hydrogens is 126 g/mol. The summed E-state index contributed by atoms with van der Waals surface area (Å²) >= 11 is 0. The Kier molecular flexibility index (Phi) is 1.66. The van der Waals surface area contributed by atoms with Gasteiger partial charge < -0.3 is 9.64 Å². The molecule has 0 aromatic heterocycles. The molecule has 10 heavy (non-hydrogen) atoms. The molecule has 2 heteroatoms. The van der Waals surface area contributed by atoms with Gasteiger partial charge in [-0.25, -0.2) is 0 Å². The van der Waals surface area contributed by atoms with Gasteiger partial charge in [-0.1, -0.05) is 6.92 Å². The third-order valence-electron chi connectivity index (χ3n) is 2.64. The first-order valence-corrected chi connectivity index (χ1v) is 4.24. The third-order valence-corrected chi connectivity index (χ3v) is 2.64. The lowest BCUT2D eigenvalue weighted by Crippen LogP contribution is -2.21. The van der Waals surface area contributed by atoms with E-state index in [1.165, 1.54) is 26.1 Å². The van der Waals surface area contributed by atoms with Crippen molar-refractivity contribution < 1.29 is 4.74 Å². The van der Waals surface area contributed by atoms with E-state index in [2.05, 4.69) is 11.8 Å². The fourth-order valence-electron chi connectivity index (χ4n) is 1.78. The van der Waals surface area contributed by atoms with Crippen LogP contribution in [0.2, 0.25) is 0 Å². The molecular formula is C8H15NO. The minimum Gasteiger partial charge on any atom is -0.373 e. The zero-order valence-corrected chi connectivity index (χ0v) is 6.55. The van der Waals surface area contributed by atoms with Crippen LogP contribution in [0, 0.1) is 5.92 Å². The average Bonchev–Trinajstić information content (AvgIpc) is 2.70. The van der Waals surface area contributed by atoms with Gasteiger partial charge in [0.05, 0.1) is 12.7 Å². The minimum atomic E-state index is 0.636. The van der Waals surface area contributed by atoms with Crippen molar-refractivity contribution in [2.75, 3.05) is 26.2 Å². The van der Waals surface area contributed by atoms with E-state index < -0.39 is 0 Å². The van der Waals surface area contributed by atoms with Gasteiger partial charge in [0.2, 0.25) is 0 Å². The summed E-state index contributed by atoms with van der Waals surface area (Å²) in [4.78, 5) is 2.51. The summed E-state index contributed by atoms with van der Waals surface area (Å²) in [5, 5.41) is 0. The molecule has 0 aromatic carbocycles. The van der Waals surface area contributed by atoms with Crippen molar-refractivity contribution >= 4 is 0 Å². The molecule has 2 aliphatic heterocycles. The molecule has 2 unspecified atom stereocenters. The summed E-state index contributed by atoms with van der Waals surface area (Å²) in [7, 11) is 0. The Morgan fingerprint density at radius 1 is 1.60 bits per heavy atom. The van der Waals surface area contributed by atoms with E-state index in [4.69, 9.17) is 4.74 Å². The topological polar surface area (TPSA) is 15.8 Å². The molecule has 0 amide bonds. The van der Waals surface area contributed by atoms with Crippen LogP contribution in [0.15, 0.2) is 0 Å². The van der Waals surface area contributed by atoms with Gasteiger partial charge in [-0.2, -0.15) is 0 Å². The number of nitrogens with zero attached hydrogens (tertiary/aromatic N) is 1. The Bertz CT molecular complexity index is 122. The Morgan fingerprint density at radius 2 is 2.40 bits per heavy atom. The van der Waals surface area contributed by atoms with Gasteiger partial charge in [0.1, 0.15) is 0 Å². The maximum Gasteiger partial charge on any atom is 0.0850 e. The first-order valence-electron chi connectivity index (χ1n) is 4.24. The van der Waals surface area contributed by atoms with Crippen LogP contribution in [0.25, 0.3) is 0 Å². The number of epoxide rings is 1. The molecule has 2 rings (SSSR count). The minimum absolute atomic E-state index is 0.636. The van der Waals surface area contributed by atoms with Gasteiger partial charge in [-0.15, -0.1) is 0 Å². The van der Waals surface area contributed by atoms with Gasteiger partial charge in [0.15, 0.2) is 0 Å². The molecule has 2 fully saturated rings. The van der Waals surface area contributed by atoms with Gasteiger partial charge in [-0.3, -0.25) is 0 Å². The number of hydrogen-bond acceptors (Lipinski definition) is 2. The molecule has 58 valence electrons. The zero-order valence-electron chi connectivity index (χ0n) is 6.55. The number of rotatable bonds is 2. The van der Waals surface area contributed by atoms with Crippen molar-refractivity contribution in [1.82, 2.24) is 4.90 Å². The standard InChI is InChI=1S/C8H15NO/c1-2-9-4-3-7(5-9)8-6-10-8/h7-8H,2-6H2,1H3. The van der Waals surface area contributed by atoms with Crippen LogP contribution in [-0.4, -0.2) is 37.2 Å². The highest BCUT2D eigenvalue weighted by atomic mass is 16.6. The average molecular weight is 141 g/mol. The first kappa shape index (κ1) is 6.62. The number of ether oxygens (including phenoxy) is 1. The van der Waals surface area contributed by atoms with Crippen LogP contribution < -0.4 is 0 Å². The van der Waals surface area contributed by atoms with Crippen molar-refractivity contribution in [1.29, 1.82) is 0 Å². The van der Waals surface area contributed by atoms with Gasteiger partial charge >= 0.3 is 0 Å². The summed E-state index contributed by atoms with van der Waals surface area (Å²) in [6.45, 7) is 7.05. The molecule has 0 aliphatic carbocycles. The van der Waals surface area contributed by atoms with Crippen LogP contribution in [-0.2, 0) is 4.74 Å². The Hall–Kier alpha value is -0.0800. The molecule has 0 N–H and O–H groups in total. The Morgan fingerprint density at radius 3 is 2.90 bits per heavy atom. The van der Waals surface area contributed by atoms with Crippen molar-refractivity contribution in [3.63, 3.8) is 0 Å². The van der Waals surface area contributed by atoms with Gasteiger partial charge in [-0.05, 0) is 19.5 Å². The molecule has 0 bridgehead atoms. The molecule has 0 radical (unpaired) electrons. The molecule has 0 aromatic rings. The monoisotopic (exact) mass is 141 g/mol. The van der Waals surface area contributed by atoms with Crippen LogP contribution >= 0.6 is 0 Å². The van der Waals surface area contributed by atoms with E-state index >= 15 is 0 Å². The molecule has 2 saturated heterocycles. The Labute approximate surface area is 62.2 Å². The SMILES string of the molecule is CCN1CCC(C2CO2)C1. The summed E-state index contributed by atoms with van der Waals surface area (Å²) in [6, 6.07) is 0. The largest absolute Gasteiger partial charge is 0.373 e. The summed E-state index contributed by atoms with van der Waals surface area (Å²) in [6.07, 6.45) is 2.00. The van der Waals surface area contributed by atoms with E-state index in [1.54, 1.807) is 0 Å². The fourth-order valence-corrected chi connectivity index (χ4v) is 1.78. The van der Waals surface area contributed by atoms with Crippen molar-refractivity contribution in [3.05, 3.63) is 0 Å². The summed E-state index contributed by atoms with van der Waals surface area (Å²) in [5.41, 5.74) is 0. The van der Waals surface area contributed by atoms with E-state index in [-0.39, 0.29) is 0 Å². The molecule has 2 aliphatic rings. The van der Waals surface area contributed by atoms with Crippen LogP contribution in [0.1, 0.15) is 13.3 Å². The predicted molar refractivity (Wildman–Crippen MR) is 40.0 cm³/mol. The molecule has 0 saturated carbocycles. The van der Waals surface area contributed by atoms with Crippen LogP contribution in [0.5, 0.6) is 0 Å². The predicted octanol–water partition coefficient (Wildman–Crippen LogP) is 0.727. The van der Waals surface area contributed by atoms with Gasteiger partial charge in [0.25, 0.3) is 0 Å². The molecule has 0 spiro atoms. The highest BCUT2D eigenvalue weighted by Gasteiger charge is 2.36. The molecule has 2 atom stereocenters. The van der Waals surface area contributed by atoms with E-state index in [0.717, 1.165) is 12.5 Å². The van der Waals surface area contributed by atoms with Crippen molar-refractivity contribution in [3.8, 4) is 0 Å². The number of likely N-dealkylation sites (tertiary alicyclic amines) is 1. The first-order chi connectivity index (χ1) is 4.90. The second-order valence-electron chi connectivity index (χ2n) is 3.31. The number of hydrogen-bond donors (Lipinski definition) is 0. The lowest BCUT2D eigenvalue weighted by Gasteiger charge is -2.10. The van der Waals surface area contributed by atoms with Gasteiger partial charge in [0, 0.05) is 12.5 Å². The fraction of sp³-hybridized carbons (Fsp3) is 1.00. The Balaban J connectivity index is 1.81. The highest BCUT2D eigenvalue weighted by Crippen LogP contribution is 2.28. The third kappa shape index (κ3) is 1.18. The van der Waals surface area contributed by atoms with Crippen molar-refractivity contribution in [2.45, 2.75) is 19.4 Å². The summed E-state index contributed by atoms with van der Waals surface area (Å²) < 4.78 is 5.26. The maximum atomic E-state index is 5.26. The molecule has 2 nitrogen and oxygen atoms in total. The zero-order chi connectivity index (χ0) is 6.97. The highest BCUT2D eigenvalue weighted by molar-refractivity contribution is 4.86. The lowest BCUT2D eigenvalue weighted by atomic mass is 10.1. The lowest BCUT2D eigenvalue weighted by molar-refractivity contribution is 0.301. The van der Waals surface area contributed by atoms with E-state index in [9.17, 15) is 0 Å². The molecule has 2 heterocycles. The second-order valence-corrected chi connectivity index (χ2v) is 3.31. The summed E-state index contributed by atoms with van der Waals surface area (Å²) in [5.74, 6) is 0.861.